The van der Waals surface area contributed by atoms with Crippen molar-refractivity contribution in [3.63, 3.8) is 0 Å². The molecule has 6 heteroatoms. The Bertz CT molecular complexity index is 555. The molecule has 1 atom stereocenters. The first-order valence-electron chi connectivity index (χ1n) is 10.5. The van der Waals surface area contributed by atoms with Crippen LogP contribution in [-0.4, -0.2) is 64.6 Å². The summed E-state index contributed by atoms with van der Waals surface area (Å²) >= 11 is 2.12. The average Bonchev–Trinajstić information content (AvgIpc) is 2.99. The molecule has 3 aliphatic rings. The maximum atomic E-state index is 4.85. The smallest absolute Gasteiger partial charge is 0.224 e. The van der Waals surface area contributed by atoms with E-state index in [0.29, 0.717) is 6.04 Å². The molecule has 0 aromatic carbocycles. The van der Waals surface area contributed by atoms with E-state index in [4.69, 9.17) is 4.98 Å². The maximum Gasteiger partial charge on any atom is 0.224 e. The standard InChI is InChI=1S/C20H33N5S/c1-2-4-12-24(11-3-1)19-7-10-21-20(23-19)22-17-6-5-13-25(16-17)18-8-14-26-15-9-18/h7,10,17-18H,1-6,8-9,11-16H2,(H,21,22,23). The molecule has 0 radical (unpaired) electrons. The Labute approximate surface area is 162 Å². The van der Waals surface area contributed by atoms with Gasteiger partial charge >= 0.3 is 0 Å². The molecule has 5 nitrogen and oxygen atoms in total. The maximum absolute atomic E-state index is 4.85. The van der Waals surface area contributed by atoms with E-state index in [1.807, 2.05) is 6.20 Å². The van der Waals surface area contributed by atoms with Gasteiger partial charge in [0.2, 0.25) is 5.95 Å². The van der Waals surface area contributed by atoms with Crippen LogP contribution in [0.3, 0.4) is 0 Å². The fourth-order valence-electron chi connectivity index (χ4n) is 4.58. The Balaban J connectivity index is 1.36. The topological polar surface area (TPSA) is 44.3 Å². The molecule has 0 amide bonds. The van der Waals surface area contributed by atoms with Crippen molar-refractivity contribution in [1.29, 1.82) is 0 Å². The van der Waals surface area contributed by atoms with Crippen LogP contribution < -0.4 is 10.2 Å². The highest BCUT2D eigenvalue weighted by Crippen LogP contribution is 2.25. The van der Waals surface area contributed by atoms with Crippen LogP contribution in [0.5, 0.6) is 0 Å². The van der Waals surface area contributed by atoms with Gasteiger partial charge in [-0.05, 0) is 62.6 Å². The SMILES string of the molecule is c1cc(N2CCCCCC2)nc(NC2CCCN(C3CCSCC3)C2)n1. The number of likely N-dealkylation sites (tertiary alicyclic amines) is 1. The lowest BCUT2D eigenvalue weighted by molar-refractivity contribution is 0.146. The summed E-state index contributed by atoms with van der Waals surface area (Å²) in [4.78, 5) is 14.5. The van der Waals surface area contributed by atoms with Gasteiger partial charge in [-0.1, -0.05) is 12.8 Å². The lowest BCUT2D eigenvalue weighted by atomic mass is 10.0. The third-order valence-electron chi connectivity index (χ3n) is 6.06. The van der Waals surface area contributed by atoms with Crippen molar-refractivity contribution >= 4 is 23.5 Å². The van der Waals surface area contributed by atoms with E-state index in [0.717, 1.165) is 37.4 Å². The molecule has 1 N–H and O–H groups in total. The molecule has 0 spiro atoms. The second-order valence-corrected chi connectivity index (χ2v) is 9.19. The van der Waals surface area contributed by atoms with Gasteiger partial charge in [-0.25, -0.2) is 4.98 Å². The molecule has 3 saturated heterocycles. The predicted octanol–water partition coefficient (Wildman–Crippen LogP) is 3.63. The van der Waals surface area contributed by atoms with Crippen molar-refractivity contribution in [1.82, 2.24) is 14.9 Å². The normalized spacial score (nSPS) is 26.5. The molecular weight excluding hydrogens is 342 g/mol. The van der Waals surface area contributed by atoms with Crippen LogP contribution in [0.15, 0.2) is 12.3 Å². The van der Waals surface area contributed by atoms with Gasteiger partial charge in [-0.3, -0.25) is 4.90 Å². The van der Waals surface area contributed by atoms with E-state index < -0.39 is 0 Å². The van der Waals surface area contributed by atoms with Gasteiger partial charge in [0.15, 0.2) is 0 Å². The molecule has 0 bridgehead atoms. The van der Waals surface area contributed by atoms with Gasteiger partial charge in [0.1, 0.15) is 5.82 Å². The largest absolute Gasteiger partial charge is 0.356 e. The number of aromatic nitrogens is 2. The number of nitrogens with one attached hydrogen (secondary N) is 1. The van der Waals surface area contributed by atoms with E-state index in [-0.39, 0.29) is 0 Å². The molecule has 3 fully saturated rings. The Morgan fingerprint density at radius 1 is 0.962 bits per heavy atom. The fourth-order valence-corrected chi connectivity index (χ4v) is 5.66. The summed E-state index contributed by atoms with van der Waals surface area (Å²) in [6.45, 7) is 4.68. The van der Waals surface area contributed by atoms with E-state index in [9.17, 15) is 0 Å². The molecule has 144 valence electrons. The van der Waals surface area contributed by atoms with Gasteiger partial charge in [0, 0.05) is 37.9 Å². The number of rotatable bonds is 4. The molecule has 26 heavy (non-hydrogen) atoms. The minimum atomic E-state index is 0.484. The van der Waals surface area contributed by atoms with Gasteiger partial charge in [0.25, 0.3) is 0 Å². The van der Waals surface area contributed by atoms with Crippen LogP contribution in [-0.2, 0) is 0 Å². The van der Waals surface area contributed by atoms with Gasteiger partial charge in [-0.15, -0.1) is 0 Å². The summed E-state index contributed by atoms with van der Waals surface area (Å²) in [5.41, 5.74) is 0. The number of nitrogens with zero attached hydrogens (tertiary/aromatic N) is 4. The number of hydrogen-bond acceptors (Lipinski definition) is 6. The fraction of sp³-hybridized carbons (Fsp3) is 0.800. The van der Waals surface area contributed by atoms with Gasteiger partial charge < -0.3 is 10.2 Å². The van der Waals surface area contributed by atoms with Crippen molar-refractivity contribution < 1.29 is 0 Å². The van der Waals surface area contributed by atoms with Crippen LogP contribution in [0.4, 0.5) is 11.8 Å². The highest BCUT2D eigenvalue weighted by molar-refractivity contribution is 7.99. The summed E-state index contributed by atoms with van der Waals surface area (Å²) in [6, 6.07) is 3.35. The molecule has 1 aromatic heterocycles. The lowest BCUT2D eigenvalue weighted by Gasteiger charge is -2.40. The zero-order valence-electron chi connectivity index (χ0n) is 15.9. The van der Waals surface area contributed by atoms with Crippen LogP contribution >= 0.6 is 11.8 Å². The highest BCUT2D eigenvalue weighted by atomic mass is 32.2. The molecule has 4 rings (SSSR count). The van der Waals surface area contributed by atoms with Gasteiger partial charge in [-0.2, -0.15) is 16.7 Å². The van der Waals surface area contributed by atoms with Crippen LogP contribution in [0.1, 0.15) is 51.4 Å². The molecular formula is C20H33N5S. The van der Waals surface area contributed by atoms with Gasteiger partial charge in [0.05, 0.1) is 0 Å². The molecule has 1 aromatic rings. The van der Waals surface area contributed by atoms with Crippen molar-refractivity contribution in [2.45, 2.75) is 63.5 Å². The number of thioether (sulfide) groups is 1. The Morgan fingerprint density at radius 3 is 2.58 bits per heavy atom. The van der Waals surface area contributed by atoms with Crippen LogP contribution in [0.25, 0.3) is 0 Å². The lowest BCUT2D eigenvalue weighted by Crippen LogP contribution is -2.48. The number of anilines is 2. The minimum Gasteiger partial charge on any atom is -0.356 e. The molecule has 3 aliphatic heterocycles. The Morgan fingerprint density at radius 2 is 1.77 bits per heavy atom. The zero-order chi connectivity index (χ0) is 17.6. The summed E-state index contributed by atoms with van der Waals surface area (Å²) in [6.07, 6.45) is 12.4. The third kappa shape index (κ3) is 4.83. The second-order valence-electron chi connectivity index (χ2n) is 7.96. The van der Waals surface area contributed by atoms with E-state index in [1.54, 1.807) is 0 Å². The minimum absolute atomic E-state index is 0.484. The second kappa shape index (κ2) is 9.27. The highest BCUT2D eigenvalue weighted by Gasteiger charge is 2.27. The number of hydrogen-bond donors (Lipinski definition) is 1. The summed E-state index contributed by atoms with van der Waals surface area (Å²) in [5.74, 6) is 4.58. The molecule has 1 unspecified atom stereocenters. The third-order valence-corrected chi connectivity index (χ3v) is 7.11. The molecule has 0 saturated carbocycles. The predicted molar refractivity (Wildman–Crippen MR) is 111 cm³/mol. The summed E-state index contributed by atoms with van der Waals surface area (Å²) < 4.78 is 0. The van der Waals surface area contributed by atoms with Crippen LogP contribution in [0, 0.1) is 0 Å². The number of piperidine rings is 1. The van der Waals surface area contributed by atoms with E-state index >= 15 is 0 Å². The Hall–Kier alpha value is -1.01. The monoisotopic (exact) mass is 375 g/mol. The first-order chi connectivity index (χ1) is 12.9. The molecule has 0 aliphatic carbocycles. The van der Waals surface area contributed by atoms with Crippen molar-refractivity contribution in [3.05, 3.63) is 12.3 Å². The summed E-state index contributed by atoms with van der Waals surface area (Å²) in [5, 5.41) is 3.65. The quantitative estimate of drug-likeness (QED) is 0.867. The van der Waals surface area contributed by atoms with E-state index in [1.165, 1.54) is 69.4 Å². The Kier molecular flexibility index (Phi) is 6.54. The first kappa shape index (κ1) is 18.4. The first-order valence-corrected chi connectivity index (χ1v) is 11.7. The zero-order valence-corrected chi connectivity index (χ0v) is 16.7. The summed E-state index contributed by atoms with van der Waals surface area (Å²) in [7, 11) is 0. The van der Waals surface area contributed by atoms with Crippen molar-refractivity contribution in [2.24, 2.45) is 0 Å². The van der Waals surface area contributed by atoms with Crippen molar-refractivity contribution in [3.8, 4) is 0 Å². The van der Waals surface area contributed by atoms with Crippen molar-refractivity contribution in [2.75, 3.05) is 47.9 Å². The molecule has 4 heterocycles. The van der Waals surface area contributed by atoms with Crippen LogP contribution in [0.2, 0.25) is 0 Å². The van der Waals surface area contributed by atoms with E-state index in [2.05, 4.69) is 37.9 Å². The average molecular weight is 376 g/mol.